The second-order valence-electron chi connectivity index (χ2n) is 7.32. The van der Waals surface area contributed by atoms with Gasteiger partial charge in [0.05, 0.1) is 24.8 Å². The summed E-state index contributed by atoms with van der Waals surface area (Å²) in [7, 11) is 1.76. The van der Waals surface area contributed by atoms with E-state index < -0.39 is 0 Å². The number of thioether (sulfide) groups is 1. The lowest BCUT2D eigenvalue weighted by Crippen LogP contribution is -2.39. The van der Waals surface area contributed by atoms with Crippen LogP contribution in [0.4, 0.5) is 5.69 Å². The van der Waals surface area contributed by atoms with Crippen LogP contribution >= 0.6 is 11.8 Å². The van der Waals surface area contributed by atoms with Crippen molar-refractivity contribution in [3.05, 3.63) is 72.3 Å². The Morgan fingerprint density at radius 1 is 0.933 bits per heavy atom. The summed E-state index contributed by atoms with van der Waals surface area (Å²) in [6.45, 7) is 2.25. The molecule has 0 fully saturated rings. The van der Waals surface area contributed by atoms with Crippen molar-refractivity contribution in [1.29, 1.82) is 0 Å². The van der Waals surface area contributed by atoms with E-state index in [-0.39, 0.29) is 30.9 Å². The molecule has 0 heterocycles. The molecule has 0 saturated heterocycles. The standard InChI is InChI=1S/C24H27N3O2S/c1-17(19-13-12-18-8-4-5-9-20(18)14-19)25-23(28)15-27(2)16-24(29)26-21-10-6-7-11-22(21)30-3/h4-14,17H,15-16H2,1-3H3,(H,25,28)(H,26,29)/t17-/m1/s1. The molecule has 0 aliphatic rings. The van der Waals surface area contributed by atoms with Crippen molar-refractivity contribution in [3.8, 4) is 0 Å². The number of rotatable bonds is 8. The highest BCUT2D eigenvalue weighted by Gasteiger charge is 2.15. The lowest BCUT2D eigenvalue weighted by Gasteiger charge is -2.19. The number of fused-ring (bicyclic) bond motifs is 1. The van der Waals surface area contributed by atoms with Crippen LogP contribution in [0.2, 0.25) is 0 Å². The van der Waals surface area contributed by atoms with Crippen molar-refractivity contribution in [2.45, 2.75) is 17.9 Å². The summed E-state index contributed by atoms with van der Waals surface area (Å²) in [6.07, 6.45) is 1.97. The molecule has 2 N–H and O–H groups in total. The lowest BCUT2D eigenvalue weighted by atomic mass is 10.0. The molecule has 0 saturated carbocycles. The second kappa shape index (κ2) is 10.3. The first-order valence-electron chi connectivity index (χ1n) is 9.85. The Morgan fingerprint density at radius 2 is 1.60 bits per heavy atom. The molecule has 0 aromatic heterocycles. The van der Waals surface area contributed by atoms with E-state index in [0.717, 1.165) is 21.5 Å². The number of anilines is 1. The van der Waals surface area contributed by atoms with Crippen LogP contribution in [0.15, 0.2) is 71.6 Å². The van der Waals surface area contributed by atoms with Crippen molar-refractivity contribution >= 4 is 40.0 Å². The van der Waals surface area contributed by atoms with Crippen LogP contribution < -0.4 is 10.6 Å². The number of hydrogen-bond acceptors (Lipinski definition) is 4. The molecular formula is C24H27N3O2S. The minimum atomic E-state index is -0.144. The zero-order valence-electron chi connectivity index (χ0n) is 17.5. The topological polar surface area (TPSA) is 61.4 Å². The molecule has 2 amide bonds. The molecule has 1 atom stereocenters. The number of amides is 2. The van der Waals surface area contributed by atoms with Crippen molar-refractivity contribution in [2.75, 3.05) is 31.7 Å². The van der Waals surface area contributed by atoms with Gasteiger partial charge in [0.15, 0.2) is 0 Å². The molecule has 0 radical (unpaired) electrons. The number of nitrogens with zero attached hydrogens (tertiary/aromatic N) is 1. The normalized spacial score (nSPS) is 12.0. The summed E-state index contributed by atoms with van der Waals surface area (Å²) in [5.41, 5.74) is 1.84. The zero-order valence-corrected chi connectivity index (χ0v) is 18.3. The lowest BCUT2D eigenvalue weighted by molar-refractivity contribution is -0.123. The van der Waals surface area contributed by atoms with Gasteiger partial charge in [0.25, 0.3) is 0 Å². The van der Waals surface area contributed by atoms with Crippen molar-refractivity contribution < 1.29 is 9.59 Å². The van der Waals surface area contributed by atoms with Gasteiger partial charge in [-0.25, -0.2) is 0 Å². The highest BCUT2D eigenvalue weighted by atomic mass is 32.2. The van der Waals surface area contributed by atoms with E-state index >= 15 is 0 Å². The van der Waals surface area contributed by atoms with E-state index in [1.54, 1.807) is 23.7 Å². The number of carbonyl (C=O) groups excluding carboxylic acids is 2. The SMILES string of the molecule is CSc1ccccc1NC(=O)CN(C)CC(=O)N[C@H](C)c1ccc2ccccc2c1. The van der Waals surface area contributed by atoms with Crippen molar-refractivity contribution in [1.82, 2.24) is 10.2 Å². The average Bonchev–Trinajstić information content (AvgIpc) is 2.73. The minimum Gasteiger partial charge on any atom is -0.348 e. The molecule has 3 aromatic carbocycles. The minimum absolute atomic E-state index is 0.113. The highest BCUT2D eigenvalue weighted by molar-refractivity contribution is 7.98. The molecule has 0 aliphatic heterocycles. The quantitative estimate of drug-likeness (QED) is 0.532. The zero-order chi connectivity index (χ0) is 21.5. The van der Waals surface area contributed by atoms with Crippen LogP contribution in [-0.2, 0) is 9.59 Å². The van der Waals surface area contributed by atoms with Gasteiger partial charge in [-0.1, -0.05) is 48.5 Å². The molecular weight excluding hydrogens is 394 g/mol. The maximum Gasteiger partial charge on any atom is 0.238 e. The first-order valence-corrected chi connectivity index (χ1v) is 11.1. The van der Waals surface area contributed by atoms with Gasteiger partial charge in [-0.05, 0) is 54.8 Å². The predicted molar refractivity (Wildman–Crippen MR) is 125 cm³/mol. The average molecular weight is 422 g/mol. The fourth-order valence-electron chi connectivity index (χ4n) is 3.33. The van der Waals surface area contributed by atoms with Crippen LogP contribution in [0.25, 0.3) is 10.8 Å². The van der Waals surface area contributed by atoms with E-state index in [1.165, 1.54) is 5.39 Å². The summed E-state index contributed by atoms with van der Waals surface area (Å²) >= 11 is 1.58. The Labute approximate surface area is 181 Å². The summed E-state index contributed by atoms with van der Waals surface area (Å²) in [6, 6.07) is 21.9. The molecule has 3 rings (SSSR count). The van der Waals surface area contributed by atoms with E-state index in [9.17, 15) is 9.59 Å². The number of hydrogen-bond donors (Lipinski definition) is 2. The highest BCUT2D eigenvalue weighted by Crippen LogP contribution is 2.24. The summed E-state index contributed by atoms with van der Waals surface area (Å²) in [5, 5.41) is 8.26. The van der Waals surface area contributed by atoms with E-state index in [2.05, 4.69) is 34.9 Å². The van der Waals surface area contributed by atoms with Crippen LogP contribution in [0.5, 0.6) is 0 Å². The first kappa shape index (κ1) is 21.9. The van der Waals surface area contributed by atoms with Gasteiger partial charge in [0.1, 0.15) is 0 Å². The number of para-hydroxylation sites is 1. The Morgan fingerprint density at radius 3 is 2.37 bits per heavy atom. The third kappa shape index (κ3) is 5.84. The number of carbonyl (C=O) groups is 2. The molecule has 0 unspecified atom stereocenters. The number of likely N-dealkylation sites (N-methyl/N-ethyl adjacent to an activating group) is 1. The van der Waals surface area contributed by atoms with Crippen LogP contribution in [0.3, 0.4) is 0 Å². The van der Waals surface area contributed by atoms with Crippen LogP contribution in [0.1, 0.15) is 18.5 Å². The Bertz CT molecular complexity index is 1040. The molecule has 3 aromatic rings. The smallest absolute Gasteiger partial charge is 0.238 e. The predicted octanol–water partition coefficient (Wildman–Crippen LogP) is 4.31. The van der Waals surface area contributed by atoms with Crippen LogP contribution in [0, 0.1) is 0 Å². The Kier molecular flexibility index (Phi) is 7.49. The van der Waals surface area contributed by atoms with Gasteiger partial charge < -0.3 is 10.6 Å². The van der Waals surface area contributed by atoms with Crippen molar-refractivity contribution in [2.24, 2.45) is 0 Å². The molecule has 5 nitrogen and oxygen atoms in total. The fourth-order valence-corrected chi connectivity index (χ4v) is 3.89. The van der Waals surface area contributed by atoms with Gasteiger partial charge in [-0.3, -0.25) is 14.5 Å². The van der Waals surface area contributed by atoms with Gasteiger partial charge in [0, 0.05) is 4.90 Å². The Hall–Kier alpha value is -2.83. The van der Waals surface area contributed by atoms with Gasteiger partial charge >= 0.3 is 0 Å². The number of benzene rings is 3. The summed E-state index contributed by atoms with van der Waals surface area (Å²) in [5.74, 6) is -0.259. The van der Waals surface area contributed by atoms with Crippen molar-refractivity contribution in [3.63, 3.8) is 0 Å². The van der Waals surface area contributed by atoms with E-state index in [4.69, 9.17) is 0 Å². The second-order valence-corrected chi connectivity index (χ2v) is 8.16. The maximum absolute atomic E-state index is 12.5. The third-order valence-corrected chi connectivity index (χ3v) is 5.65. The largest absolute Gasteiger partial charge is 0.348 e. The molecule has 156 valence electrons. The maximum atomic E-state index is 12.5. The van der Waals surface area contributed by atoms with Crippen LogP contribution in [-0.4, -0.2) is 43.1 Å². The van der Waals surface area contributed by atoms with Gasteiger partial charge in [-0.15, -0.1) is 11.8 Å². The van der Waals surface area contributed by atoms with E-state index in [0.29, 0.717) is 0 Å². The summed E-state index contributed by atoms with van der Waals surface area (Å²) < 4.78 is 0. The van der Waals surface area contributed by atoms with Gasteiger partial charge in [-0.2, -0.15) is 0 Å². The molecule has 0 spiro atoms. The fraction of sp³-hybridized carbons (Fsp3) is 0.250. The molecule has 30 heavy (non-hydrogen) atoms. The number of nitrogens with one attached hydrogen (secondary N) is 2. The van der Waals surface area contributed by atoms with E-state index in [1.807, 2.05) is 55.6 Å². The molecule has 0 bridgehead atoms. The Balaban J connectivity index is 1.51. The first-order chi connectivity index (χ1) is 14.5. The summed E-state index contributed by atoms with van der Waals surface area (Å²) in [4.78, 5) is 27.5. The monoisotopic (exact) mass is 421 g/mol. The molecule has 0 aliphatic carbocycles. The molecule has 6 heteroatoms. The van der Waals surface area contributed by atoms with Gasteiger partial charge in [0.2, 0.25) is 11.8 Å². The third-order valence-electron chi connectivity index (χ3n) is 4.86.